The van der Waals surface area contributed by atoms with E-state index in [0.29, 0.717) is 27.4 Å². The first-order valence-electron chi connectivity index (χ1n) is 8.37. The molecule has 3 rings (SSSR count). The zero-order valence-corrected chi connectivity index (χ0v) is 17.8. The number of carbonyl (C=O) groups is 1. The molecule has 2 aliphatic rings. The van der Waals surface area contributed by atoms with Crippen LogP contribution in [-0.2, 0) is 14.6 Å². The quantitative estimate of drug-likeness (QED) is 0.722. The normalized spacial score (nSPS) is 25.1. The SMILES string of the molecule is COc1cc(OC)c(N2C(=NC(=O)C(C)C)S[C@H]3CS(=O)(=O)C[C@H]32)cc1Cl. The van der Waals surface area contributed by atoms with Gasteiger partial charge in [0.2, 0.25) is 0 Å². The first-order valence-corrected chi connectivity index (χ1v) is 11.4. The van der Waals surface area contributed by atoms with E-state index in [2.05, 4.69) is 4.99 Å². The summed E-state index contributed by atoms with van der Waals surface area (Å²) in [6.45, 7) is 3.54. The number of anilines is 1. The average molecular weight is 433 g/mol. The Balaban J connectivity index is 2.13. The van der Waals surface area contributed by atoms with Gasteiger partial charge in [-0.15, -0.1) is 0 Å². The molecule has 0 unspecified atom stereocenters. The summed E-state index contributed by atoms with van der Waals surface area (Å²) in [4.78, 5) is 18.2. The maximum atomic E-state index is 12.2. The maximum absolute atomic E-state index is 12.2. The van der Waals surface area contributed by atoms with E-state index < -0.39 is 9.84 Å². The number of rotatable bonds is 4. The number of aliphatic imine (C=N–C) groups is 1. The summed E-state index contributed by atoms with van der Waals surface area (Å²) in [6, 6.07) is 2.96. The fraction of sp³-hybridized carbons (Fsp3) is 0.529. The van der Waals surface area contributed by atoms with Gasteiger partial charge in [0.05, 0.1) is 42.5 Å². The van der Waals surface area contributed by atoms with Gasteiger partial charge in [0, 0.05) is 17.2 Å². The van der Waals surface area contributed by atoms with Crippen molar-refractivity contribution in [2.75, 3.05) is 30.6 Å². The summed E-state index contributed by atoms with van der Waals surface area (Å²) in [5, 5.41) is 0.634. The van der Waals surface area contributed by atoms with E-state index in [1.54, 1.807) is 30.9 Å². The molecule has 27 heavy (non-hydrogen) atoms. The Morgan fingerprint density at radius 2 is 1.93 bits per heavy atom. The lowest BCUT2D eigenvalue weighted by molar-refractivity contribution is -0.120. The van der Waals surface area contributed by atoms with Crippen LogP contribution >= 0.6 is 23.4 Å². The molecule has 0 aromatic heterocycles. The van der Waals surface area contributed by atoms with Crippen LogP contribution in [0.4, 0.5) is 5.69 Å². The standard InChI is InChI=1S/C17H21ClN2O5S2/c1-9(2)16(21)19-17-20(12-7-27(22,23)8-15(12)26-17)11-5-10(18)13(24-3)6-14(11)25-4/h5-6,9,12,15H,7-8H2,1-4H3/t12-,15+/m1/s1. The first kappa shape index (κ1) is 20.3. The Morgan fingerprint density at radius 1 is 1.26 bits per heavy atom. The number of methoxy groups -OCH3 is 2. The number of hydrogen-bond acceptors (Lipinski definition) is 6. The van der Waals surface area contributed by atoms with Gasteiger partial charge in [-0.1, -0.05) is 37.2 Å². The second kappa shape index (κ2) is 7.52. The predicted octanol–water partition coefficient (Wildman–Crippen LogP) is 2.61. The van der Waals surface area contributed by atoms with Crippen LogP contribution in [0.5, 0.6) is 11.5 Å². The molecule has 0 spiro atoms. The highest BCUT2D eigenvalue weighted by molar-refractivity contribution is 8.16. The van der Waals surface area contributed by atoms with Gasteiger partial charge >= 0.3 is 0 Å². The first-order chi connectivity index (χ1) is 12.7. The second-order valence-electron chi connectivity index (χ2n) is 6.72. The minimum Gasteiger partial charge on any atom is -0.495 e. The molecule has 1 aromatic rings. The van der Waals surface area contributed by atoms with E-state index in [-0.39, 0.29) is 34.6 Å². The molecule has 148 valence electrons. The van der Waals surface area contributed by atoms with Gasteiger partial charge in [0.25, 0.3) is 5.91 Å². The average Bonchev–Trinajstić information content (AvgIpc) is 3.05. The molecule has 0 radical (unpaired) electrons. The number of halogens is 1. The summed E-state index contributed by atoms with van der Waals surface area (Å²) in [6.07, 6.45) is 0. The Labute approximate surface area is 168 Å². The number of amidine groups is 1. The number of thioether (sulfide) groups is 1. The number of sulfone groups is 1. The Morgan fingerprint density at radius 3 is 2.52 bits per heavy atom. The van der Waals surface area contributed by atoms with Gasteiger partial charge in [0.1, 0.15) is 11.5 Å². The molecule has 2 atom stereocenters. The molecule has 2 fully saturated rings. The van der Waals surface area contributed by atoms with Crippen LogP contribution < -0.4 is 14.4 Å². The molecule has 1 aromatic carbocycles. The smallest absolute Gasteiger partial charge is 0.250 e. The highest BCUT2D eigenvalue weighted by atomic mass is 35.5. The highest BCUT2D eigenvalue weighted by Gasteiger charge is 2.50. The number of hydrogen-bond donors (Lipinski definition) is 0. The molecule has 0 bridgehead atoms. The van der Waals surface area contributed by atoms with Crippen LogP contribution in [0.2, 0.25) is 5.02 Å². The van der Waals surface area contributed by atoms with Gasteiger partial charge in [0.15, 0.2) is 15.0 Å². The van der Waals surface area contributed by atoms with Crippen LogP contribution in [0.15, 0.2) is 17.1 Å². The Hall–Kier alpha value is -1.45. The van der Waals surface area contributed by atoms with Crippen molar-refractivity contribution in [2.45, 2.75) is 25.1 Å². The zero-order valence-electron chi connectivity index (χ0n) is 15.4. The minimum atomic E-state index is -3.16. The van der Waals surface area contributed by atoms with Gasteiger partial charge in [-0.3, -0.25) is 4.79 Å². The van der Waals surface area contributed by atoms with Crippen LogP contribution in [0.25, 0.3) is 0 Å². The van der Waals surface area contributed by atoms with E-state index in [1.165, 1.54) is 26.0 Å². The third-order valence-electron chi connectivity index (χ3n) is 4.48. The molecular formula is C17H21ClN2O5S2. The van der Waals surface area contributed by atoms with Gasteiger partial charge in [-0.05, 0) is 6.07 Å². The predicted molar refractivity (Wildman–Crippen MR) is 108 cm³/mol. The van der Waals surface area contributed by atoms with Crippen LogP contribution in [0.3, 0.4) is 0 Å². The second-order valence-corrected chi connectivity index (χ2v) is 10.5. The number of carbonyl (C=O) groups excluding carboxylic acids is 1. The molecule has 7 nitrogen and oxygen atoms in total. The molecule has 2 heterocycles. The van der Waals surface area contributed by atoms with Crippen molar-refractivity contribution >= 4 is 50.0 Å². The number of ether oxygens (including phenoxy) is 2. The van der Waals surface area contributed by atoms with Crippen molar-refractivity contribution in [1.29, 1.82) is 0 Å². The van der Waals surface area contributed by atoms with E-state index in [0.717, 1.165) is 0 Å². The van der Waals surface area contributed by atoms with Crippen molar-refractivity contribution in [3.63, 3.8) is 0 Å². The van der Waals surface area contributed by atoms with Crippen LogP contribution in [0, 0.1) is 5.92 Å². The monoisotopic (exact) mass is 432 g/mol. The van der Waals surface area contributed by atoms with Crippen molar-refractivity contribution in [3.05, 3.63) is 17.2 Å². The van der Waals surface area contributed by atoms with Gasteiger partial charge < -0.3 is 14.4 Å². The summed E-state index contributed by atoms with van der Waals surface area (Å²) in [7, 11) is -0.150. The number of fused-ring (bicyclic) bond motifs is 1. The van der Waals surface area contributed by atoms with Crippen LogP contribution in [-0.4, -0.2) is 56.5 Å². The highest BCUT2D eigenvalue weighted by Crippen LogP contribution is 2.46. The van der Waals surface area contributed by atoms with E-state index in [4.69, 9.17) is 21.1 Å². The largest absolute Gasteiger partial charge is 0.495 e. The molecule has 0 aliphatic carbocycles. The Bertz CT molecular complexity index is 901. The van der Waals surface area contributed by atoms with E-state index in [9.17, 15) is 13.2 Å². The molecule has 10 heteroatoms. The zero-order chi connectivity index (χ0) is 19.9. The molecule has 2 saturated heterocycles. The lowest BCUT2D eigenvalue weighted by Crippen LogP contribution is -2.38. The number of benzene rings is 1. The topological polar surface area (TPSA) is 85.3 Å². The third kappa shape index (κ3) is 3.90. The lowest BCUT2D eigenvalue weighted by Gasteiger charge is -2.27. The van der Waals surface area contributed by atoms with E-state index >= 15 is 0 Å². The molecule has 0 N–H and O–H groups in total. The molecule has 2 aliphatic heterocycles. The van der Waals surface area contributed by atoms with Gasteiger partial charge in [-0.25, -0.2) is 8.42 Å². The fourth-order valence-corrected chi connectivity index (χ4v) is 7.25. The van der Waals surface area contributed by atoms with Crippen LogP contribution in [0.1, 0.15) is 13.8 Å². The van der Waals surface area contributed by atoms with Crippen molar-refractivity contribution in [2.24, 2.45) is 10.9 Å². The van der Waals surface area contributed by atoms with E-state index in [1.807, 2.05) is 0 Å². The fourth-order valence-electron chi connectivity index (χ4n) is 3.10. The summed E-state index contributed by atoms with van der Waals surface area (Å²) in [5.74, 6) is 0.434. The molecular weight excluding hydrogens is 412 g/mol. The number of nitrogens with zero attached hydrogens (tertiary/aromatic N) is 2. The summed E-state index contributed by atoms with van der Waals surface area (Å²) >= 11 is 7.61. The number of amides is 1. The Kier molecular flexibility index (Phi) is 5.65. The molecule has 1 amide bonds. The third-order valence-corrected chi connectivity index (χ3v) is 7.98. The lowest BCUT2D eigenvalue weighted by atomic mass is 10.1. The molecule has 0 saturated carbocycles. The summed E-state index contributed by atoms with van der Waals surface area (Å²) in [5.41, 5.74) is 0.565. The maximum Gasteiger partial charge on any atom is 0.250 e. The van der Waals surface area contributed by atoms with Crippen molar-refractivity contribution in [1.82, 2.24) is 0 Å². The van der Waals surface area contributed by atoms with Crippen molar-refractivity contribution < 1.29 is 22.7 Å². The minimum absolute atomic E-state index is 0.00758. The summed E-state index contributed by atoms with van der Waals surface area (Å²) < 4.78 is 35.0. The van der Waals surface area contributed by atoms with Crippen molar-refractivity contribution in [3.8, 4) is 11.5 Å². The van der Waals surface area contributed by atoms with Gasteiger partial charge in [-0.2, -0.15) is 4.99 Å².